The van der Waals surface area contributed by atoms with Gasteiger partial charge in [0.15, 0.2) is 115 Å². The van der Waals surface area contributed by atoms with Gasteiger partial charge in [0.05, 0.1) is 56.9 Å². The third-order valence-corrected chi connectivity index (χ3v) is 25.0. The maximum Gasteiger partial charge on any atom is 0.573 e. The van der Waals surface area contributed by atoms with E-state index in [1.165, 1.54) is 105 Å². The Morgan fingerprint density at radius 2 is 0.294 bits per heavy atom. The lowest BCUT2D eigenvalue weighted by molar-refractivity contribution is -0.287. The smallest absolute Gasteiger partial charge is 0.493 e. The van der Waals surface area contributed by atoms with E-state index in [1.807, 2.05) is 0 Å². The summed E-state index contributed by atoms with van der Waals surface area (Å²) in [7, 11) is 9.42. The van der Waals surface area contributed by atoms with Crippen molar-refractivity contribution in [2.24, 2.45) is 0 Å². The van der Waals surface area contributed by atoms with Gasteiger partial charge >= 0.3 is 50.9 Å². The molecule has 706 valence electrons. The molecule has 0 amide bonds. The second-order valence-electron chi connectivity index (χ2n) is 31.8. The fourth-order valence-electron chi connectivity index (χ4n) is 20.8. The van der Waals surface area contributed by atoms with Crippen molar-refractivity contribution < 1.29 is 181 Å². The van der Waals surface area contributed by atoms with Crippen LogP contribution in [-0.4, -0.2) is 148 Å². The normalized spacial score (nSPS) is 19.1. The molecule has 25 rings (SSSR count). The summed E-state index contributed by atoms with van der Waals surface area (Å²) in [6, 6.07) is 15.4. The molecule has 14 aliphatic rings. The maximum absolute atomic E-state index is 15.0. The summed E-state index contributed by atoms with van der Waals surface area (Å²) in [6.45, 7) is 0. The highest BCUT2D eigenvalue weighted by atomic mass is 19.5. The predicted octanol–water partition coefficient (Wildman–Crippen LogP) is 21.5. The van der Waals surface area contributed by atoms with E-state index in [1.54, 1.807) is 0 Å². The number of methoxy groups -OCH3 is 8. The fourth-order valence-corrected chi connectivity index (χ4v) is 20.8. The first-order valence-electron chi connectivity index (χ1n) is 39.5. The van der Waals surface area contributed by atoms with E-state index in [0.29, 0.717) is 48.5 Å². The molecule has 136 heavy (non-hydrogen) atoms. The number of allylic oxidation sites excluding steroid dienone is 4. The molecule has 11 aromatic rings. The van der Waals surface area contributed by atoms with Crippen LogP contribution in [0.1, 0.15) is 182 Å². The standard InChI is InChI=1S/C88H50F24N8O16/c1-121-41-9-25-26(10-42(41)122-2)58-34-18-50(130-82(92,93)94)49(129-81(89,90)91)17-33(34)57(25)65-66(58)74-113-73(65)117-75-67-59-27-11-43(123-3)44(124-4)12-28(27)60(36-20-52(132-84(98,99)100)51(19-35(36)59)131-83(95,96)97)68(67)77(114-75)119-79-71-63-31-15-47(127-7)48(128-8)16-32(31)64(40-24-56(136-88(110,111)112)55(23-39(40)63)135-87(107,108)109)72(71)80(116-79)120-78-70-62-30-14-46(126-6)45(125-5)13-29(30)61(69(70)76(115-78)118-74)37-21-53(133-85(101,102)103)54(22-38(37)62)134-86(104,105)106/h9-24,57-64H,1-8H3,(H2,113,114,115,116,117,118,119,120). The topological polar surface area (TPSA) is 257 Å². The Balaban J connectivity index is 0.967. The SMILES string of the molecule is COc1cc2c(cc1OC)C1C3=C(c4nc3nc3[nH]c(nc5nc(nc6[nH]c(n4)c4c6C6c7cc(OC)c(OC)cc7C4c4cc(OC(F)(F)F)c(OC(F)(F)F)cc46)C4=C5C5c6cc(OC)c(OC)cc6C4c4cc(OC(F)(F)F)c(OC(F)(F)F)cc45)c4c3C3c5cc(OC)c(OC)cc5C4c4cc(OC(F)(F)F)c(OC(F)(F)F)cc43)C2c2cc(OC(F)(F)F)c(OC(F)(F)F)cc21. The highest BCUT2D eigenvalue weighted by molar-refractivity contribution is 6.06. The third kappa shape index (κ3) is 14.0. The number of ether oxygens (including phenoxy) is 16. The van der Waals surface area contributed by atoms with E-state index >= 15 is 0 Å². The molecule has 16 bridgehead atoms. The van der Waals surface area contributed by atoms with Gasteiger partial charge in [0.25, 0.3) is 0 Å². The molecule has 8 atom stereocenters. The summed E-state index contributed by atoms with van der Waals surface area (Å²) in [5, 5.41) is 0. The number of aromatic amines is 2. The first kappa shape index (κ1) is 87.8. The lowest BCUT2D eigenvalue weighted by atomic mass is 9.61. The minimum absolute atomic E-state index is 0.0314. The molecule has 0 spiro atoms. The van der Waals surface area contributed by atoms with E-state index in [9.17, 15) is 105 Å². The Morgan fingerprint density at radius 1 is 0.176 bits per heavy atom. The highest BCUT2D eigenvalue weighted by Crippen LogP contribution is 2.70. The van der Waals surface area contributed by atoms with Gasteiger partial charge in [-0.05, 0) is 186 Å². The van der Waals surface area contributed by atoms with E-state index in [0.717, 1.165) is 0 Å². The molecule has 8 aromatic carbocycles. The first-order valence-corrected chi connectivity index (χ1v) is 39.5. The zero-order chi connectivity index (χ0) is 96.6. The van der Waals surface area contributed by atoms with Crippen LogP contribution in [0.15, 0.2) is 97.1 Å². The number of benzene rings is 8. The molecule has 0 saturated heterocycles. The largest absolute Gasteiger partial charge is 0.573 e. The van der Waals surface area contributed by atoms with Crippen LogP contribution in [0.25, 0.3) is 44.9 Å². The molecule has 48 heteroatoms. The molecule has 8 unspecified atom stereocenters. The number of aromatic nitrogens is 8. The third-order valence-electron chi connectivity index (χ3n) is 25.0. The predicted molar refractivity (Wildman–Crippen MR) is 414 cm³/mol. The number of hydrogen-bond acceptors (Lipinski definition) is 22. The monoisotopic (exact) mass is 1930 g/mol. The lowest BCUT2D eigenvalue weighted by Gasteiger charge is -2.42. The zero-order valence-corrected chi connectivity index (χ0v) is 69.1. The van der Waals surface area contributed by atoms with Crippen LogP contribution < -0.4 is 75.8 Å². The van der Waals surface area contributed by atoms with Gasteiger partial charge in [-0.25, -0.2) is 29.9 Å². The van der Waals surface area contributed by atoms with E-state index in [2.05, 4.69) is 47.9 Å². The van der Waals surface area contributed by atoms with Crippen LogP contribution in [0.5, 0.6) is 92.0 Å². The van der Waals surface area contributed by atoms with E-state index < -0.39 is 190 Å². The molecule has 5 heterocycles. The average Bonchev–Trinajstić information content (AvgIpc) is 1.50. The van der Waals surface area contributed by atoms with Gasteiger partial charge in [0, 0.05) is 91.9 Å². The van der Waals surface area contributed by atoms with Crippen LogP contribution in [0.4, 0.5) is 105 Å². The van der Waals surface area contributed by atoms with Crippen molar-refractivity contribution in [3.63, 3.8) is 0 Å². The number of hydrogen-bond donors (Lipinski definition) is 2. The van der Waals surface area contributed by atoms with Crippen molar-refractivity contribution >= 4 is 44.9 Å². The van der Waals surface area contributed by atoms with Crippen molar-refractivity contribution in [1.29, 1.82) is 0 Å². The zero-order valence-electron chi connectivity index (χ0n) is 69.1. The van der Waals surface area contributed by atoms with Crippen molar-refractivity contribution in [1.82, 2.24) is 39.9 Å². The van der Waals surface area contributed by atoms with Gasteiger partial charge in [-0.2, -0.15) is 0 Å². The Morgan fingerprint density at radius 3 is 0.412 bits per heavy atom. The number of halogens is 24. The molecular weight excluding hydrogens is 1880 g/mol. The number of nitrogens with zero attached hydrogens (tertiary/aromatic N) is 6. The van der Waals surface area contributed by atoms with Gasteiger partial charge < -0.3 is 85.8 Å². The van der Waals surface area contributed by atoms with Gasteiger partial charge in [-0.3, -0.25) is 0 Å². The Bertz CT molecular complexity index is 6500. The number of nitrogens with one attached hydrogen (secondary N) is 2. The molecule has 0 fully saturated rings. The summed E-state index contributed by atoms with van der Waals surface area (Å²) in [4.78, 5) is 37.8. The molecule has 0 saturated carbocycles. The molecule has 24 nitrogen and oxygen atoms in total. The summed E-state index contributed by atoms with van der Waals surface area (Å²) >= 11 is 0. The second-order valence-corrected chi connectivity index (χ2v) is 31.8. The van der Waals surface area contributed by atoms with Crippen LogP contribution in [0.3, 0.4) is 0 Å². The van der Waals surface area contributed by atoms with Gasteiger partial charge in [-0.15, -0.1) is 105 Å². The summed E-state index contributed by atoms with van der Waals surface area (Å²) < 4.78 is 440. The van der Waals surface area contributed by atoms with Gasteiger partial charge in [0.1, 0.15) is 22.6 Å². The fraction of sp³-hybridized carbons (Fsp3) is 0.273. The quantitative estimate of drug-likeness (QED) is 0.0852. The summed E-state index contributed by atoms with van der Waals surface area (Å²) in [5.41, 5.74) is -6.29. The molecule has 3 aromatic heterocycles. The molecule has 2 N–H and O–H groups in total. The van der Waals surface area contributed by atoms with Crippen LogP contribution in [0.2, 0.25) is 0 Å². The minimum atomic E-state index is -5.80. The molecular formula is C88H50F24N8O16. The van der Waals surface area contributed by atoms with Crippen molar-refractivity contribution in [2.75, 3.05) is 56.9 Å². The Kier molecular flexibility index (Phi) is 19.0. The van der Waals surface area contributed by atoms with Crippen molar-refractivity contribution in [3.05, 3.63) is 232 Å². The number of rotatable bonds is 16. The minimum Gasteiger partial charge on any atom is -0.493 e. The second kappa shape index (κ2) is 29.4. The molecule has 0 radical (unpaired) electrons. The number of H-pyrrole nitrogens is 2. The Hall–Kier alpha value is -14.8. The summed E-state index contributed by atoms with van der Waals surface area (Å²) in [5.74, 6) is -30.2. The van der Waals surface area contributed by atoms with Crippen LogP contribution in [-0.2, 0) is 0 Å². The first-order chi connectivity index (χ1) is 63.9. The number of alkyl halides is 24. The highest BCUT2D eigenvalue weighted by Gasteiger charge is 2.57. The van der Waals surface area contributed by atoms with Crippen molar-refractivity contribution in [2.45, 2.75) is 98.2 Å². The number of fused-ring (bicyclic) bond motifs is 8. The van der Waals surface area contributed by atoms with E-state index in [-0.39, 0.29) is 180 Å². The maximum atomic E-state index is 15.0. The van der Waals surface area contributed by atoms with E-state index in [4.69, 9.17) is 67.8 Å². The average molecular weight is 1930 g/mol. The summed E-state index contributed by atoms with van der Waals surface area (Å²) in [6.07, 6.45) is -46.4. The van der Waals surface area contributed by atoms with Crippen LogP contribution in [0, 0.1) is 0 Å². The lowest BCUT2D eigenvalue weighted by Crippen LogP contribution is -2.29. The van der Waals surface area contributed by atoms with Gasteiger partial charge in [0.2, 0.25) is 0 Å². The van der Waals surface area contributed by atoms with Crippen molar-refractivity contribution in [3.8, 4) is 92.0 Å². The van der Waals surface area contributed by atoms with Crippen LogP contribution >= 0.6 is 0 Å². The molecule has 12 aliphatic carbocycles. The van der Waals surface area contributed by atoms with Gasteiger partial charge in [-0.1, -0.05) is 0 Å². The Labute approximate surface area is 742 Å². The molecule has 2 aliphatic heterocycles.